The summed E-state index contributed by atoms with van der Waals surface area (Å²) in [5.41, 5.74) is 0.771. The van der Waals surface area contributed by atoms with Crippen molar-refractivity contribution in [1.29, 1.82) is 0 Å². The minimum atomic E-state index is 0.174. The topological polar surface area (TPSA) is 20.3 Å². The summed E-state index contributed by atoms with van der Waals surface area (Å²) < 4.78 is 0. The van der Waals surface area contributed by atoms with Gasteiger partial charge >= 0.3 is 0 Å². The van der Waals surface area contributed by atoms with Crippen LogP contribution in [0, 0.1) is 5.92 Å². The molecule has 0 aliphatic heterocycles. The number of nitrogens with zero attached hydrogens (tertiary/aromatic N) is 1. The predicted molar refractivity (Wildman–Crippen MR) is 86.4 cm³/mol. The lowest BCUT2D eigenvalue weighted by molar-refractivity contribution is 0.0671. The molecule has 0 N–H and O–H groups in total. The first-order chi connectivity index (χ1) is 9.58. The highest BCUT2D eigenvalue weighted by atomic mass is 32.1. The van der Waals surface area contributed by atoms with Crippen LogP contribution in [0.1, 0.15) is 56.3 Å². The molecule has 0 unspecified atom stereocenters. The summed E-state index contributed by atoms with van der Waals surface area (Å²) in [7, 11) is 0. The molecule has 0 spiro atoms. The van der Waals surface area contributed by atoms with E-state index in [0.717, 1.165) is 36.3 Å². The van der Waals surface area contributed by atoms with Crippen molar-refractivity contribution >= 4 is 18.5 Å². The van der Waals surface area contributed by atoms with Crippen molar-refractivity contribution in [1.82, 2.24) is 4.90 Å². The van der Waals surface area contributed by atoms with Crippen molar-refractivity contribution in [2.75, 3.05) is 6.54 Å². The van der Waals surface area contributed by atoms with Crippen LogP contribution < -0.4 is 0 Å². The summed E-state index contributed by atoms with van der Waals surface area (Å²) >= 11 is 4.34. The molecule has 1 aromatic carbocycles. The van der Waals surface area contributed by atoms with Gasteiger partial charge in [-0.1, -0.05) is 32.8 Å². The highest BCUT2D eigenvalue weighted by molar-refractivity contribution is 7.80. The number of amides is 1. The molecule has 0 heterocycles. The van der Waals surface area contributed by atoms with Crippen LogP contribution in [0.3, 0.4) is 0 Å². The number of hydrogen-bond acceptors (Lipinski definition) is 2. The normalized spacial score (nSPS) is 15.8. The molecule has 20 heavy (non-hydrogen) atoms. The minimum Gasteiger partial charge on any atom is -0.336 e. The smallest absolute Gasteiger partial charge is 0.254 e. The molecule has 0 bridgehead atoms. The van der Waals surface area contributed by atoms with E-state index in [4.69, 9.17) is 0 Å². The summed E-state index contributed by atoms with van der Waals surface area (Å²) in [4.78, 5) is 15.7. The number of thiol groups is 1. The quantitative estimate of drug-likeness (QED) is 0.797. The third-order valence-corrected chi connectivity index (χ3v) is 4.34. The van der Waals surface area contributed by atoms with E-state index in [9.17, 15) is 4.79 Å². The Kier molecular flexibility index (Phi) is 5.53. The molecular weight excluding hydrogens is 266 g/mol. The molecule has 2 nitrogen and oxygen atoms in total. The van der Waals surface area contributed by atoms with Gasteiger partial charge in [0, 0.05) is 23.0 Å². The Labute approximate surface area is 128 Å². The van der Waals surface area contributed by atoms with Gasteiger partial charge in [-0.15, -0.1) is 12.6 Å². The minimum absolute atomic E-state index is 0.174. The maximum Gasteiger partial charge on any atom is 0.254 e. The molecule has 110 valence electrons. The van der Waals surface area contributed by atoms with Crippen molar-refractivity contribution in [3.05, 3.63) is 29.8 Å². The van der Waals surface area contributed by atoms with Crippen LogP contribution in [-0.4, -0.2) is 23.4 Å². The third-order valence-electron chi connectivity index (χ3n) is 4.07. The van der Waals surface area contributed by atoms with E-state index in [2.05, 4.69) is 31.4 Å². The summed E-state index contributed by atoms with van der Waals surface area (Å²) in [5.74, 6) is 0.802. The summed E-state index contributed by atoms with van der Waals surface area (Å²) in [5, 5.41) is 0. The van der Waals surface area contributed by atoms with Gasteiger partial charge in [0.15, 0.2) is 0 Å². The lowest BCUT2D eigenvalue weighted by atomic mass is 10.1. The van der Waals surface area contributed by atoms with Gasteiger partial charge in [0.25, 0.3) is 5.91 Å². The van der Waals surface area contributed by atoms with Gasteiger partial charge in [-0.25, -0.2) is 0 Å². The summed E-state index contributed by atoms with van der Waals surface area (Å²) in [6.07, 6.45) is 5.89. The zero-order chi connectivity index (χ0) is 14.5. The van der Waals surface area contributed by atoms with Gasteiger partial charge in [-0.3, -0.25) is 4.79 Å². The fourth-order valence-corrected chi connectivity index (χ4v) is 3.09. The second-order valence-corrected chi connectivity index (χ2v) is 6.69. The SMILES string of the molecule is CC(C)CCN(C(=O)c1cccc(S)c1)C1CCCC1. The molecule has 2 rings (SSSR count). The van der Waals surface area contributed by atoms with Crippen molar-refractivity contribution in [2.45, 2.75) is 56.9 Å². The first-order valence-electron chi connectivity index (χ1n) is 7.68. The predicted octanol–water partition coefficient (Wildman–Crippen LogP) is 4.41. The second kappa shape index (κ2) is 7.16. The van der Waals surface area contributed by atoms with Gasteiger partial charge in [-0.05, 0) is 43.4 Å². The Bertz CT molecular complexity index is 452. The van der Waals surface area contributed by atoms with Gasteiger partial charge in [0.1, 0.15) is 0 Å². The van der Waals surface area contributed by atoms with Gasteiger partial charge in [-0.2, -0.15) is 0 Å². The number of benzene rings is 1. The van der Waals surface area contributed by atoms with Crippen LogP contribution in [0.5, 0.6) is 0 Å². The Morgan fingerprint density at radius 2 is 2.05 bits per heavy atom. The molecule has 1 fully saturated rings. The highest BCUT2D eigenvalue weighted by Gasteiger charge is 2.27. The summed E-state index contributed by atoms with van der Waals surface area (Å²) in [6, 6.07) is 8.03. The number of carbonyl (C=O) groups excluding carboxylic acids is 1. The van der Waals surface area contributed by atoms with Crippen molar-refractivity contribution in [3.8, 4) is 0 Å². The van der Waals surface area contributed by atoms with Gasteiger partial charge < -0.3 is 4.90 Å². The van der Waals surface area contributed by atoms with Gasteiger partial charge in [0.05, 0.1) is 0 Å². The molecule has 0 saturated heterocycles. The van der Waals surface area contributed by atoms with Crippen molar-refractivity contribution in [3.63, 3.8) is 0 Å². The van der Waals surface area contributed by atoms with Crippen molar-refractivity contribution in [2.24, 2.45) is 5.92 Å². The number of carbonyl (C=O) groups is 1. The van der Waals surface area contributed by atoms with Crippen LogP contribution in [0.2, 0.25) is 0 Å². The Balaban J connectivity index is 2.14. The average Bonchev–Trinajstić information content (AvgIpc) is 2.92. The van der Waals surface area contributed by atoms with E-state index in [1.54, 1.807) is 0 Å². The van der Waals surface area contributed by atoms with Gasteiger partial charge in [0.2, 0.25) is 0 Å². The van der Waals surface area contributed by atoms with E-state index in [-0.39, 0.29) is 5.91 Å². The summed E-state index contributed by atoms with van der Waals surface area (Å²) in [6.45, 7) is 5.30. The van der Waals surface area contributed by atoms with E-state index in [1.165, 1.54) is 12.8 Å². The number of rotatable bonds is 5. The monoisotopic (exact) mass is 291 g/mol. The fraction of sp³-hybridized carbons (Fsp3) is 0.588. The zero-order valence-electron chi connectivity index (χ0n) is 12.5. The Morgan fingerprint density at radius 1 is 1.35 bits per heavy atom. The van der Waals surface area contributed by atoms with Crippen LogP contribution in [-0.2, 0) is 0 Å². The zero-order valence-corrected chi connectivity index (χ0v) is 13.4. The molecule has 1 aliphatic carbocycles. The van der Waals surface area contributed by atoms with E-state index >= 15 is 0 Å². The maximum atomic E-state index is 12.8. The molecular formula is C17H25NOS. The maximum absolute atomic E-state index is 12.8. The number of hydrogen-bond donors (Lipinski definition) is 1. The van der Waals surface area contributed by atoms with Crippen LogP contribution in [0.25, 0.3) is 0 Å². The standard InChI is InChI=1S/C17H25NOS/c1-13(2)10-11-18(15-7-3-4-8-15)17(19)14-6-5-9-16(20)12-14/h5-6,9,12-13,15,20H,3-4,7-8,10-11H2,1-2H3. The molecule has 0 radical (unpaired) electrons. The molecule has 1 aromatic rings. The van der Waals surface area contributed by atoms with E-state index in [0.29, 0.717) is 12.0 Å². The average molecular weight is 291 g/mol. The van der Waals surface area contributed by atoms with Crippen LogP contribution >= 0.6 is 12.6 Å². The molecule has 3 heteroatoms. The molecule has 0 atom stereocenters. The largest absolute Gasteiger partial charge is 0.336 e. The van der Waals surface area contributed by atoms with Crippen LogP contribution in [0.15, 0.2) is 29.2 Å². The van der Waals surface area contributed by atoms with Crippen LogP contribution in [0.4, 0.5) is 0 Å². The van der Waals surface area contributed by atoms with Crippen molar-refractivity contribution < 1.29 is 4.79 Å². The fourth-order valence-electron chi connectivity index (χ4n) is 2.87. The molecule has 0 aromatic heterocycles. The Hall–Kier alpha value is -0.960. The molecule has 1 saturated carbocycles. The third kappa shape index (κ3) is 4.02. The lowest BCUT2D eigenvalue weighted by Gasteiger charge is -2.30. The lowest BCUT2D eigenvalue weighted by Crippen LogP contribution is -2.40. The van der Waals surface area contributed by atoms with E-state index in [1.807, 2.05) is 24.3 Å². The molecule has 1 aliphatic rings. The first kappa shape index (κ1) is 15.4. The second-order valence-electron chi connectivity index (χ2n) is 6.17. The highest BCUT2D eigenvalue weighted by Crippen LogP contribution is 2.26. The first-order valence-corrected chi connectivity index (χ1v) is 8.12. The molecule has 1 amide bonds. The van der Waals surface area contributed by atoms with E-state index < -0.39 is 0 Å². The Morgan fingerprint density at radius 3 is 2.65 bits per heavy atom.